The van der Waals surface area contributed by atoms with Crippen LogP contribution in [-0.4, -0.2) is 49.6 Å². The molecule has 3 rings (SSSR count). The molecule has 1 saturated heterocycles. The summed E-state index contributed by atoms with van der Waals surface area (Å²) < 4.78 is 5.33. The maximum absolute atomic E-state index is 12.4. The van der Waals surface area contributed by atoms with Crippen molar-refractivity contribution in [2.45, 2.75) is 12.1 Å². The number of nitrogens with two attached hydrogens (primary N) is 1. The van der Waals surface area contributed by atoms with Crippen LogP contribution in [0.3, 0.4) is 0 Å². The zero-order chi connectivity index (χ0) is 17.1. The number of nitrogens with zero attached hydrogens (tertiary/aromatic N) is 1. The average Bonchev–Trinajstić information content (AvgIpc) is 2.61. The Morgan fingerprint density at radius 1 is 1.32 bits per heavy atom. The van der Waals surface area contributed by atoms with Crippen molar-refractivity contribution in [2.24, 2.45) is 5.73 Å². The molecule has 2 amide bonds. The summed E-state index contributed by atoms with van der Waals surface area (Å²) in [6.07, 6.45) is -1.10. The molecule has 2 aromatic carbocycles. The van der Waals surface area contributed by atoms with Crippen molar-refractivity contribution in [2.75, 3.05) is 26.7 Å². The predicted molar refractivity (Wildman–Crippen MR) is 98.5 cm³/mol. The van der Waals surface area contributed by atoms with Gasteiger partial charge in [-0.05, 0) is 22.4 Å². The highest BCUT2D eigenvalue weighted by molar-refractivity contribution is 6.03. The van der Waals surface area contributed by atoms with Gasteiger partial charge in [-0.2, -0.15) is 0 Å². The first-order valence-corrected chi connectivity index (χ1v) is 7.96. The Labute approximate surface area is 152 Å². The van der Waals surface area contributed by atoms with Gasteiger partial charge < -0.3 is 20.7 Å². The van der Waals surface area contributed by atoms with Gasteiger partial charge in [0.2, 0.25) is 6.10 Å². The molecule has 2 unspecified atom stereocenters. The molecule has 0 aromatic heterocycles. The van der Waals surface area contributed by atoms with E-state index < -0.39 is 12.0 Å². The fraction of sp³-hybridized carbons (Fsp3) is 0.333. The topological polar surface area (TPSA) is 84.7 Å². The Morgan fingerprint density at radius 2 is 2.04 bits per heavy atom. The molecule has 0 radical (unpaired) electrons. The molecule has 3 N–H and O–H groups in total. The Morgan fingerprint density at radius 3 is 2.76 bits per heavy atom. The smallest absolute Gasteiger partial charge is 0.261 e. The maximum Gasteiger partial charge on any atom is 0.261 e. The first-order chi connectivity index (χ1) is 11.6. The van der Waals surface area contributed by atoms with E-state index in [1.54, 1.807) is 7.05 Å². The van der Waals surface area contributed by atoms with Crippen molar-refractivity contribution in [3.05, 3.63) is 48.0 Å². The first kappa shape index (κ1) is 19.2. The lowest BCUT2D eigenvalue weighted by Crippen LogP contribution is -2.53. The van der Waals surface area contributed by atoms with Gasteiger partial charge in [0.25, 0.3) is 11.8 Å². The summed E-state index contributed by atoms with van der Waals surface area (Å²) in [4.78, 5) is 26.0. The summed E-state index contributed by atoms with van der Waals surface area (Å²) in [6.45, 7) is 1.08. The van der Waals surface area contributed by atoms with Gasteiger partial charge in [0, 0.05) is 20.1 Å². The summed E-state index contributed by atoms with van der Waals surface area (Å²) in [6, 6.07) is 13.6. The van der Waals surface area contributed by atoms with Gasteiger partial charge in [-0.1, -0.05) is 36.4 Å². The van der Waals surface area contributed by atoms with E-state index in [0.717, 1.165) is 16.3 Å². The number of benzene rings is 2. The number of morpholine rings is 1. The average molecular weight is 364 g/mol. The number of amides is 2. The number of ether oxygens (including phenoxy) is 1. The number of halogens is 1. The highest BCUT2D eigenvalue weighted by atomic mass is 35.5. The van der Waals surface area contributed by atoms with Gasteiger partial charge in [-0.3, -0.25) is 9.59 Å². The second kappa shape index (κ2) is 8.29. The number of likely N-dealkylation sites (N-methyl/N-ethyl adjacent to an activating group) is 1. The van der Waals surface area contributed by atoms with E-state index in [-0.39, 0.29) is 30.9 Å². The molecule has 25 heavy (non-hydrogen) atoms. The van der Waals surface area contributed by atoms with E-state index in [0.29, 0.717) is 13.2 Å². The number of carbonyl (C=O) groups excluding carboxylic acids is 2. The second-order valence-electron chi connectivity index (χ2n) is 5.91. The number of hydrogen-bond donors (Lipinski definition) is 2. The summed E-state index contributed by atoms with van der Waals surface area (Å²) in [5.41, 5.74) is 6.74. The van der Waals surface area contributed by atoms with Crippen LogP contribution in [0.4, 0.5) is 0 Å². The summed E-state index contributed by atoms with van der Waals surface area (Å²) in [5, 5.41) is 5.03. The van der Waals surface area contributed by atoms with Crippen molar-refractivity contribution >= 4 is 35.0 Å². The number of rotatable bonds is 4. The Balaban J connectivity index is 0.00000225. The molecular formula is C18H22ClN3O3. The van der Waals surface area contributed by atoms with E-state index in [2.05, 4.69) is 5.32 Å². The molecule has 2 atom stereocenters. The molecule has 0 bridgehead atoms. The standard InChI is InChI=1S/C18H21N3O3.ClH/c1-21-8-9-24-16(18(21)23)17(22)20-15(11-19)14-7-6-12-4-2-3-5-13(12)10-14;/h2-7,10,15-16H,8-9,11,19H2,1H3,(H,20,22);1H. The zero-order valence-electron chi connectivity index (χ0n) is 14.0. The van der Waals surface area contributed by atoms with E-state index in [4.69, 9.17) is 10.5 Å². The van der Waals surface area contributed by atoms with Crippen LogP contribution in [0.15, 0.2) is 42.5 Å². The summed E-state index contributed by atoms with van der Waals surface area (Å²) in [7, 11) is 1.66. The Kier molecular flexibility index (Phi) is 6.36. The molecular weight excluding hydrogens is 342 g/mol. The van der Waals surface area contributed by atoms with E-state index in [1.807, 2.05) is 42.5 Å². The number of hydrogen-bond acceptors (Lipinski definition) is 4. The number of carbonyl (C=O) groups is 2. The van der Waals surface area contributed by atoms with Crippen molar-refractivity contribution < 1.29 is 14.3 Å². The van der Waals surface area contributed by atoms with Crippen molar-refractivity contribution in [3.8, 4) is 0 Å². The zero-order valence-corrected chi connectivity index (χ0v) is 14.8. The van der Waals surface area contributed by atoms with Crippen LogP contribution >= 0.6 is 12.4 Å². The van der Waals surface area contributed by atoms with Crippen molar-refractivity contribution in [3.63, 3.8) is 0 Å². The van der Waals surface area contributed by atoms with Gasteiger partial charge in [0.1, 0.15) is 0 Å². The van der Waals surface area contributed by atoms with E-state index in [1.165, 1.54) is 4.90 Å². The lowest BCUT2D eigenvalue weighted by atomic mass is 10.0. The van der Waals surface area contributed by atoms with Crippen molar-refractivity contribution in [1.29, 1.82) is 0 Å². The fourth-order valence-electron chi connectivity index (χ4n) is 2.83. The monoisotopic (exact) mass is 363 g/mol. The van der Waals surface area contributed by atoms with E-state index >= 15 is 0 Å². The molecule has 0 aliphatic carbocycles. The number of nitrogens with one attached hydrogen (secondary N) is 1. The molecule has 1 heterocycles. The van der Waals surface area contributed by atoms with Crippen LogP contribution in [-0.2, 0) is 14.3 Å². The normalized spacial score (nSPS) is 18.6. The first-order valence-electron chi connectivity index (χ1n) is 7.96. The van der Waals surface area contributed by atoms with Crippen LogP contribution in [0.2, 0.25) is 0 Å². The highest BCUT2D eigenvalue weighted by Crippen LogP contribution is 2.20. The Hall–Kier alpha value is -2.15. The second-order valence-corrected chi connectivity index (χ2v) is 5.91. The minimum Gasteiger partial charge on any atom is -0.357 e. The quantitative estimate of drug-likeness (QED) is 0.800. The third-order valence-corrected chi connectivity index (χ3v) is 4.28. The van der Waals surface area contributed by atoms with Crippen molar-refractivity contribution in [1.82, 2.24) is 10.2 Å². The third kappa shape index (κ3) is 4.10. The molecule has 7 heteroatoms. The molecule has 134 valence electrons. The van der Waals surface area contributed by atoms with Crippen LogP contribution in [0.25, 0.3) is 10.8 Å². The SMILES string of the molecule is CN1CCOC(C(=O)NC(CN)c2ccc3ccccc3c2)C1=O.Cl. The van der Waals surface area contributed by atoms with Crippen LogP contribution < -0.4 is 11.1 Å². The minimum absolute atomic E-state index is 0. The van der Waals surface area contributed by atoms with E-state index in [9.17, 15) is 9.59 Å². The van der Waals surface area contributed by atoms with Gasteiger partial charge in [0.15, 0.2) is 0 Å². The van der Waals surface area contributed by atoms with Gasteiger partial charge in [-0.15, -0.1) is 12.4 Å². The van der Waals surface area contributed by atoms with Crippen LogP contribution in [0, 0.1) is 0 Å². The maximum atomic E-state index is 12.4. The molecule has 1 aliphatic heterocycles. The molecule has 6 nitrogen and oxygen atoms in total. The fourth-order valence-corrected chi connectivity index (χ4v) is 2.83. The lowest BCUT2D eigenvalue weighted by molar-refractivity contribution is -0.159. The highest BCUT2D eigenvalue weighted by Gasteiger charge is 2.34. The van der Waals surface area contributed by atoms with Gasteiger partial charge in [0.05, 0.1) is 12.6 Å². The number of fused-ring (bicyclic) bond motifs is 1. The lowest BCUT2D eigenvalue weighted by Gasteiger charge is -2.29. The molecule has 0 spiro atoms. The molecule has 1 aliphatic rings. The van der Waals surface area contributed by atoms with Crippen LogP contribution in [0.5, 0.6) is 0 Å². The third-order valence-electron chi connectivity index (χ3n) is 4.28. The van der Waals surface area contributed by atoms with Crippen LogP contribution in [0.1, 0.15) is 11.6 Å². The molecule has 2 aromatic rings. The van der Waals surface area contributed by atoms with Gasteiger partial charge >= 0.3 is 0 Å². The largest absolute Gasteiger partial charge is 0.357 e. The molecule has 0 saturated carbocycles. The summed E-state index contributed by atoms with van der Waals surface area (Å²) >= 11 is 0. The summed E-state index contributed by atoms with van der Waals surface area (Å²) in [5.74, 6) is -0.775. The Bertz CT molecular complexity index is 768. The minimum atomic E-state index is -1.10. The predicted octanol–water partition coefficient (Wildman–Crippen LogP) is 1.23. The molecule has 1 fully saturated rings. The van der Waals surface area contributed by atoms with Gasteiger partial charge in [-0.25, -0.2) is 0 Å².